The summed E-state index contributed by atoms with van der Waals surface area (Å²) in [6.45, 7) is 2.17. The Kier molecular flexibility index (Phi) is 2.91. The van der Waals surface area contributed by atoms with Gasteiger partial charge in [-0.2, -0.15) is 0 Å². The molecule has 4 aromatic rings. The van der Waals surface area contributed by atoms with Crippen LogP contribution in [0.2, 0.25) is 0 Å². The summed E-state index contributed by atoms with van der Waals surface area (Å²) in [5.74, 6) is 0. The van der Waals surface area contributed by atoms with E-state index >= 15 is 0 Å². The van der Waals surface area contributed by atoms with Gasteiger partial charge in [0.05, 0.1) is 0 Å². The second-order valence-corrected chi connectivity index (χ2v) is 7.24. The van der Waals surface area contributed by atoms with E-state index in [1.54, 1.807) is 0 Å². The van der Waals surface area contributed by atoms with Crippen LogP contribution in [-0.4, -0.2) is 19.5 Å². The summed E-state index contributed by atoms with van der Waals surface area (Å²) in [6.07, 6.45) is 1.94. The van der Waals surface area contributed by atoms with Crippen molar-refractivity contribution in [3.63, 3.8) is 0 Å². The zero-order chi connectivity index (χ0) is 14.4. The van der Waals surface area contributed by atoms with Crippen LogP contribution >= 0.6 is 0 Å². The number of nitrogens with zero attached hydrogens (tertiary/aromatic N) is 2. The molecule has 0 bridgehead atoms. The van der Waals surface area contributed by atoms with Gasteiger partial charge < -0.3 is 0 Å². The first kappa shape index (κ1) is 12.8. The Bertz CT molecular complexity index is 969. The molecule has 0 unspecified atom stereocenters. The first-order chi connectivity index (χ1) is 10.3. The molecule has 2 aromatic carbocycles. The van der Waals surface area contributed by atoms with Gasteiger partial charge in [0.25, 0.3) is 0 Å². The molecule has 0 fully saturated rings. The van der Waals surface area contributed by atoms with Gasteiger partial charge in [-0.1, -0.05) is 0 Å². The van der Waals surface area contributed by atoms with Crippen molar-refractivity contribution in [2.24, 2.45) is 7.05 Å². The van der Waals surface area contributed by atoms with E-state index in [4.69, 9.17) is 4.98 Å². The predicted molar refractivity (Wildman–Crippen MR) is 87.5 cm³/mol. The Morgan fingerprint density at radius 3 is 2.76 bits per heavy atom. The second-order valence-electron chi connectivity index (χ2n) is 5.32. The third kappa shape index (κ3) is 1.93. The van der Waals surface area contributed by atoms with Crippen LogP contribution in [0.25, 0.3) is 31.8 Å². The predicted octanol–water partition coefficient (Wildman–Crippen LogP) is 3.24. The summed E-state index contributed by atoms with van der Waals surface area (Å²) in [7, 11) is 2.07. The first-order valence-electron chi connectivity index (χ1n) is 6.96. The van der Waals surface area contributed by atoms with Crippen LogP contribution in [0.3, 0.4) is 0 Å². The maximum absolute atomic E-state index is 4.71. The Morgan fingerprint density at radius 2 is 1.90 bits per heavy atom. The van der Waals surface area contributed by atoms with E-state index in [0.29, 0.717) is 14.5 Å². The number of rotatable bonds is 1. The molecule has 21 heavy (non-hydrogen) atoms. The minimum absolute atomic E-state index is 0.408. The van der Waals surface area contributed by atoms with Crippen molar-refractivity contribution in [1.82, 2.24) is 4.98 Å². The first-order valence-corrected chi connectivity index (χ1v) is 8.81. The number of aromatic nitrogens is 2. The molecule has 2 heterocycles. The zero-order valence-electron chi connectivity index (χ0n) is 12.0. The Morgan fingerprint density at radius 1 is 1.05 bits per heavy atom. The SMILES string of the molecule is Cc1ccccc1-c1c2ccc3cc[se]c3c2nc[n+]1C. The van der Waals surface area contributed by atoms with Crippen LogP contribution in [0, 0.1) is 6.92 Å². The molecular weight excluding hydrogens is 323 g/mol. The van der Waals surface area contributed by atoms with Gasteiger partial charge in [-0.3, -0.25) is 0 Å². The summed E-state index contributed by atoms with van der Waals surface area (Å²) >= 11 is 0.408. The van der Waals surface area contributed by atoms with Gasteiger partial charge in [-0.25, -0.2) is 0 Å². The number of fused-ring (bicyclic) bond motifs is 3. The molecule has 0 saturated carbocycles. The molecule has 0 saturated heterocycles. The molecule has 0 N–H and O–H groups in total. The van der Waals surface area contributed by atoms with Gasteiger partial charge in [-0.15, -0.1) is 0 Å². The van der Waals surface area contributed by atoms with E-state index in [2.05, 4.69) is 65.9 Å². The van der Waals surface area contributed by atoms with Crippen molar-refractivity contribution in [2.75, 3.05) is 0 Å². The molecule has 0 atom stereocenters. The Hall–Kier alpha value is -1.96. The van der Waals surface area contributed by atoms with Crippen molar-refractivity contribution >= 4 is 35.1 Å². The van der Waals surface area contributed by atoms with E-state index in [1.807, 2.05) is 6.33 Å². The molecular formula is C18H15N2Se+. The summed E-state index contributed by atoms with van der Waals surface area (Å²) in [5.41, 5.74) is 4.99. The van der Waals surface area contributed by atoms with Crippen LogP contribution < -0.4 is 4.57 Å². The second kappa shape index (κ2) is 4.80. The molecule has 2 nitrogen and oxygen atoms in total. The number of hydrogen-bond acceptors (Lipinski definition) is 1. The maximum atomic E-state index is 4.71. The summed E-state index contributed by atoms with van der Waals surface area (Å²) in [5, 5.41) is 2.58. The van der Waals surface area contributed by atoms with Crippen molar-refractivity contribution in [3.8, 4) is 11.3 Å². The number of aryl methyl sites for hydroxylation is 2. The summed E-state index contributed by atoms with van der Waals surface area (Å²) in [4.78, 5) is 6.98. The fourth-order valence-corrected chi connectivity index (χ4v) is 4.78. The Balaban J connectivity index is 2.17. The molecule has 0 amide bonds. The van der Waals surface area contributed by atoms with Gasteiger partial charge in [-0.05, 0) is 0 Å². The quantitative estimate of drug-likeness (QED) is 0.385. The third-order valence-corrected chi connectivity index (χ3v) is 5.93. The molecule has 3 heteroatoms. The van der Waals surface area contributed by atoms with Crippen molar-refractivity contribution in [3.05, 3.63) is 59.3 Å². The molecule has 0 aliphatic rings. The van der Waals surface area contributed by atoms with Crippen LogP contribution in [0.1, 0.15) is 5.56 Å². The van der Waals surface area contributed by atoms with E-state index in [1.165, 1.54) is 31.9 Å². The molecule has 0 aliphatic carbocycles. The molecule has 4 rings (SSSR count). The van der Waals surface area contributed by atoms with Gasteiger partial charge in [0.1, 0.15) is 0 Å². The average Bonchev–Trinajstić information content (AvgIpc) is 2.97. The number of benzene rings is 2. The topological polar surface area (TPSA) is 16.8 Å². The van der Waals surface area contributed by atoms with E-state index in [0.717, 1.165) is 5.52 Å². The van der Waals surface area contributed by atoms with Gasteiger partial charge in [0.15, 0.2) is 0 Å². The van der Waals surface area contributed by atoms with E-state index in [-0.39, 0.29) is 0 Å². The van der Waals surface area contributed by atoms with Crippen molar-refractivity contribution in [1.29, 1.82) is 0 Å². The van der Waals surface area contributed by atoms with Crippen LogP contribution in [0.4, 0.5) is 0 Å². The fraction of sp³-hybridized carbons (Fsp3) is 0.111. The zero-order valence-corrected chi connectivity index (χ0v) is 13.7. The molecule has 2 aromatic heterocycles. The van der Waals surface area contributed by atoms with E-state index in [9.17, 15) is 0 Å². The van der Waals surface area contributed by atoms with Crippen molar-refractivity contribution < 1.29 is 4.57 Å². The summed E-state index contributed by atoms with van der Waals surface area (Å²) < 4.78 is 3.54. The minimum atomic E-state index is 0.408. The van der Waals surface area contributed by atoms with Crippen LogP contribution in [0.15, 0.2) is 53.7 Å². The standard InChI is InChI=1S/C18H15N2Se/c1-12-5-3-4-6-14(12)17-15-8-7-13-9-10-21-18(13)16(15)19-11-20(17)2/h3-11H,1-2H3/q+1. The molecule has 0 spiro atoms. The monoisotopic (exact) mass is 339 g/mol. The number of hydrogen-bond donors (Lipinski definition) is 0. The van der Waals surface area contributed by atoms with Crippen LogP contribution in [-0.2, 0) is 7.05 Å². The Labute approximate surface area is 129 Å². The van der Waals surface area contributed by atoms with E-state index < -0.39 is 0 Å². The average molecular weight is 338 g/mol. The molecule has 0 aliphatic heterocycles. The van der Waals surface area contributed by atoms with Gasteiger partial charge in [0, 0.05) is 0 Å². The van der Waals surface area contributed by atoms with Gasteiger partial charge in [0.2, 0.25) is 0 Å². The third-order valence-electron chi connectivity index (χ3n) is 3.96. The fourth-order valence-electron chi connectivity index (χ4n) is 2.90. The van der Waals surface area contributed by atoms with Crippen LogP contribution in [0.5, 0.6) is 0 Å². The normalized spacial score (nSPS) is 11.3. The molecule has 102 valence electrons. The van der Waals surface area contributed by atoms with Gasteiger partial charge >= 0.3 is 129 Å². The van der Waals surface area contributed by atoms with Crippen molar-refractivity contribution in [2.45, 2.75) is 6.92 Å². The molecule has 0 radical (unpaired) electrons. The summed E-state index contributed by atoms with van der Waals surface area (Å²) in [6, 6.07) is 15.2.